The van der Waals surface area contributed by atoms with Crippen molar-refractivity contribution in [2.45, 2.75) is 18.9 Å². The number of ether oxygens (including phenoxy) is 1. The monoisotopic (exact) mass is 323 g/mol. The molecule has 1 atom stereocenters. The van der Waals surface area contributed by atoms with Crippen LogP contribution in [0.2, 0.25) is 5.02 Å². The van der Waals surface area contributed by atoms with Gasteiger partial charge in [0, 0.05) is 25.7 Å². The quantitative estimate of drug-likeness (QED) is 0.892. The van der Waals surface area contributed by atoms with E-state index in [-0.39, 0.29) is 11.9 Å². The first-order chi connectivity index (χ1) is 10.6. The molecule has 120 valence electrons. The number of hydrogen-bond acceptors (Lipinski definition) is 4. The summed E-state index contributed by atoms with van der Waals surface area (Å²) in [7, 11) is 3.35. The molecule has 2 N–H and O–H groups in total. The molecule has 3 heterocycles. The Labute approximate surface area is 136 Å². The normalized spacial score (nSPS) is 26.6. The van der Waals surface area contributed by atoms with Gasteiger partial charge in [0.15, 0.2) is 0 Å². The van der Waals surface area contributed by atoms with E-state index in [1.165, 1.54) is 12.8 Å². The van der Waals surface area contributed by atoms with Crippen LogP contribution in [0.25, 0.3) is 0 Å². The van der Waals surface area contributed by atoms with Crippen LogP contribution in [0.3, 0.4) is 0 Å². The van der Waals surface area contributed by atoms with Gasteiger partial charge in [-0.05, 0) is 37.9 Å². The van der Waals surface area contributed by atoms with Crippen LogP contribution in [-0.2, 0) is 0 Å². The Bertz CT molecular complexity index is 571. The fraction of sp³-hybridized carbons (Fsp3) is 0.562. The first-order valence-electron chi connectivity index (χ1n) is 7.71. The molecule has 0 unspecified atom stereocenters. The molecule has 1 aromatic rings. The van der Waals surface area contributed by atoms with Gasteiger partial charge < -0.3 is 20.3 Å². The van der Waals surface area contributed by atoms with E-state index < -0.39 is 0 Å². The highest BCUT2D eigenvalue weighted by atomic mass is 35.5. The lowest BCUT2D eigenvalue weighted by atomic mass is 9.84. The maximum absolute atomic E-state index is 12.6. The fourth-order valence-corrected chi connectivity index (χ4v) is 3.72. The third-order valence-corrected chi connectivity index (χ3v) is 5.09. The van der Waals surface area contributed by atoms with Crippen LogP contribution < -0.4 is 15.4 Å². The van der Waals surface area contributed by atoms with E-state index in [2.05, 4.69) is 15.5 Å². The predicted octanol–water partition coefficient (Wildman–Crippen LogP) is 2.21. The molecule has 1 aromatic carbocycles. The van der Waals surface area contributed by atoms with Crippen LogP contribution in [0.4, 0.5) is 5.69 Å². The van der Waals surface area contributed by atoms with Crippen molar-refractivity contribution in [3.8, 4) is 5.75 Å². The van der Waals surface area contributed by atoms with Crippen molar-refractivity contribution in [2.75, 3.05) is 39.1 Å². The van der Waals surface area contributed by atoms with E-state index in [1.807, 2.05) is 0 Å². The van der Waals surface area contributed by atoms with E-state index in [1.54, 1.807) is 26.3 Å². The van der Waals surface area contributed by atoms with Gasteiger partial charge >= 0.3 is 0 Å². The Morgan fingerprint density at radius 3 is 2.64 bits per heavy atom. The lowest BCUT2D eigenvalue weighted by Gasteiger charge is -2.44. The van der Waals surface area contributed by atoms with Crippen molar-refractivity contribution >= 4 is 23.2 Å². The second-order valence-electron chi connectivity index (χ2n) is 6.00. The Morgan fingerprint density at radius 2 is 2.09 bits per heavy atom. The van der Waals surface area contributed by atoms with Gasteiger partial charge in [0.25, 0.3) is 5.91 Å². The van der Waals surface area contributed by atoms with Crippen LogP contribution in [0.5, 0.6) is 5.75 Å². The summed E-state index contributed by atoms with van der Waals surface area (Å²) in [5, 5.41) is 6.67. The standard InChI is InChI=1S/C16H22ClN3O2/c1-18-13-8-15(22-2)11(7-12(13)17)16(21)19-14-9-20-5-3-10(14)4-6-20/h7-8,10,14,18H,3-6,9H2,1-2H3,(H,19,21)/t14-/m1/s1. The Balaban J connectivity index is 1.78. The molecule has 0 aliphatic carbocycles. The van der Waals surface area contributed by atoms with Crippen LogP contribution in [0.15, 0.2) is 12.1 Å². The zero-order valence-electron chi connectivity index (χ0n) is 13.0. The van der Waals surface area contributed by atoms with Gasteiger partial charge in [-0.1, -0.05) is 11.6 Å². The number of carbonyl (C=O) groups is 1. The van der Waals surface area contributed by atoms with Crippen molar-refractivity contribution in [3.05, 3.63) is 22.7 Å². The molecule has 0 radical (unpaired) electrons. The van der Waals surface area contributed by atoms with Gasteiger partial charge in [-0.15, -0.1) is 0 Å². The summed E-state index contributed by atoms with van der Waals surface area (Å²) < 4.78 is 5.35. The second-order valence-corrected chi connectivity index (χ2v) is 6.41. The van der Waals surface area contributed by atoms with Gasteiger partial charge in [0.2, 0.25) is 0 Å². The molecule has 3 saturated heterocycles. The molecule has 0 aromatic heterocycles. The van der Waals surface area contributed by atoms with Crippen molar-refractivity contribution in [1.82, 2.24) is 10.2 Å². The van der Waals surface area contributed by atoms with Crippen LogP contribution in [0.1, 0.15) is 23.2 Å². The topological polar surface area (TPSA) is 53.6 Å². The summed E-state index contributed by atoms with van der Waals surface area (Å²) in [5.41, 5.74) is 1.24. The lowest BCUT2D eigenvalue weighted by Crippen LogP contribution is -2.57. The van der Waals surface area contributed by atoms with E-state index in [4.69, 9.17) is 16.3 Å². The van der Waals surface area contributed by atoms with E-state index in [0.29, 0.717) is 22.3 Å². The summed E-state index contributed by atoms with van der Waals surface area (Å²) in [6, 6.07) is 3.65. The zero-order chi connectivity index (χ0) is 15.7. The summed E-state index contributed by atoms with van der Waals surface area (Å²) in [4.78, 5) is 15.0. The smallest absolute Gasteiger partial charge is 0.255 e. The number of nitrogens with zero attached hydrogens (tertiary/aromatic N) is 1. The maximum Gasteiger partial charge on any atom is 0.255 e. The second kappa shape index (κ2) is 6.34. The van der Waals surface area contributed by atoms with Crippen molar-refractivity contribution in [3.63, 3.8) is 0 Å². The highest BCUT2D eigenvalue weighted by molar-refractivity contribution is 6.33. The van der Waals surface area contributed by atoms with Gasteiger partial charge in [0.1, 0.15) is 5.75 Å². The lowest BCUT2D eigenvalue weighted by molar-refractivity contribution is 0.0619. The minimum absolute atomic E-state index is 0.111. The molecule has 0 spiro atoms. The van der Waals surface area contributed by atoms with Crippen LogP contribution in [0, 0.1) is 5.92 Å². The summed E-state index contributed by atoms with van der Waals surface area (Å²) in [5.74, 6) is 1.01. The van der Waals surface area contributed by atoms with Gasteiger partial charge in [-0.25, -0.2) is 0 Å². The molecule has 5 nitrogen and oxygen atoms in total. The number of benzene rings is 1. The molecule has 1 amide bonds. The number of rotatable bonds is 4. The van der Waals surface area contributed by atoms with Gasteiger partial charge in [0.05, 0.1) is 23.4 Å². The third kappa shape index (κ3) is 2.88. The average molecular weight is 324 g/mol. The molecule has 4 rings (SSSR count). The van der Waals surface area contributed by atoms with Gasteiger partial charge in [-0.3, -0.25) is 4.79 Å². The third-order valence-electron chi connectivity index (χ3n) is 4.78. The highest BCUT2D eigenvalue weighted by Gasteiger charge is 2.35. The first kappa shape index (κ1) is 15.4. The number of fused-ring (bicyclic) bond motifs is 3. The Kier molecular flexibility index (Phi) is 4.45. The van der Waals surface area contributed by atoms with Crippen molar-refractivity contribution < 1.29 is 9.53 Å². The SMILES string of the molecule is CNc1cc(OC)c(C(=O)N[C@@H]2CN3CCC2CC3)cc1Cl. The minimum Gasteiger partial charge on any atom is -0.496 e. The summed E-state index contributed by atoms with van der Waals surface area (Å²) in [6.07, 6.45) is 2.34. The number of halogens is 1. The van der Waals surface area contributed by atoms with Crippen LogP contribution >= 0.6 is 11.6 Å². The Hall–Kier alpha value is -1.46. The molecule has 6 heteroatoms. The number of methoxy groups -OCH3 is 1. The largest absolute Gasteiger partial charge is 0.496 e. The minimum atomic E-state index is -0.111. The molecule has 3 aliphatic rings. The molecule has 0 saturated carbocycles. The number of nitrogens with one attached hydrogen (secondary N) is 2. The highest BCUT2D eigenvalue weighted by Crippen LogP contribution is 2.32. The molecule has 2 bridgehead atoms. The molecular weight excluding hydrogens is 302 g/mol. The number of hydrogen-bond donors (Lipinski definition) is 2. The molecule has 3 fully saturated rings. The summed E-state index contributed by atoms with van der Waals surface area (Å²) in [6.45, 7) is 3.26. The van der Waals surface area contributed by atoms with Crippen molar-refractivity contribution in [2.24, 2.45) is 5.92 Å². The number of carbonyl (C=O) groups excluding carboxylic acids is 1. The maximum atomic E-state index is 12.6. The predicted molar refractivity (Wildman–Crippen MR) is 88.0 cm³/mol. The summed E-state index contributed by atoms with van der Waals surface area (Å²) >= 11 is 6.20. The molecule has 22 heavy (non-hydrogen) atoms. The van der Waals surface area contributed by atoms with Crippen molar-refractivity contribution in [1.29, 1.82) is 0 Å². The van der Waals surface area contributed by atoms with E-state index >= 15 is 0 Å². The fourth-order valence-electron chi connectivity index (χ4n) is 3.47. The average Bonchev–Trinajstić information content (AvgIpc) is 2.55. The Morgan fingerprint density at radius 1 is 1.36 bits per heavy atom. The first-order valence-corrected chi connectivity index (χ1v) is 8.08. The number of amides is 1. The van der Waals surface area contributed by atoms with E-state index in [0.717, 1.165) is 25.3 Å². The van der Waals surface area contributed by atoms with E-state index in [9.17, 15) is 4.79 Å². The van der Waals surface area contributed by atoms with Crippen LogP contribution in [-0.4, -0.2) is 50.6 Å². The molecule has 3 aliphatic heterocycles. The number of anilines is 1. The zero-order valence-corrected chi connectivity index (χ0v) is 13.7. The number of piperidine rings is 3. The van der Waals surface area contributed by atoms with Gasteiger partial charge in [-0.2, -0.15) is 0 Å². The molecular formula is C16H22ClN3O2.